The number of aryl methyl sites for hydroxylation is 1. The van der Waals surface area contributed by atoms with Gasteiger partial charge in [0.1, 0.15) is 5.75 Å². The lowest BCUT2D eigenvalue weighted by molar-refractivity contribution is -0.118. The number of amides is 1. The van der Waals surface area contributed by atoms with Crippen LogP contribution in [0.4, 0.5) is 5.13 Å². The van der Waals surface area contributed by atoms with E-state index in [9.17, 15) is 4.79 Å². The number of thiazole rings is 1. The summed E-state index contributed by atoms with van der Waals surface area (Å²) in [6.07, 6.45) is 0. The molecular weight excluding hydrogens is 364 g/mol. The minimum Gasteiger partial charge on any atom is -0.484 e. The van der Waals surface area contributed by atoms with E-state index in [0.29, 0.717) is 10.9 Å². The van der Waals surface area contributed by atoms with Crippen LogP contribution < -0.4 is 10.1 Å². The molecular formula is C16H13BrN2O2S. The number of benzene rings is 2. The van der Waals surface area contributed by atoms with Crippen LogP contribution in [0, 0.1) is 6.92 Å². The molecule has 0 unspecified atom stereocenters. The van der Waals surface area contributed by atoms with Crippen LogP contribution in [0.5, 0.6) is 5.75 Å². The van der Waals surface area contributed by atoms with Crippen molar-refractivity contribution in [3.05, 3.63) is 52.5 Å². The molecule has 1 aromatic heterocycles. The number of carbonyl (C=O) groups excluding carboxylic acids is 1. The van der Waals surface area contributed by atoms with Crippen LogP contribution in [0.3, 0.4) is 0 Å². The summed E-state index contributed by atoms with van der Waals surface area (Å²) in [6, 6.07) is 13.4. The van der Waals surface area contributed by atoms with Gasteiger partial charge in [0.15, 0.2) is 11.7 Å². The van der Waals surface area contributed by atoms with Crippen molar-refractivity contribution >= 4 is 48.5 Å². The lowest BCUT2D eigenvalue weighted by atomic mass is 10.2. The van der Waals surface area contributed by atoms with E-state index in [-0.39, 0.29) is 12.5 Å². The van der Waals surface area contributed by atoms with Gasteiger partial charge >= 0.3 is 0 Å². The molecule has 0 aliphatic rings. The zero-order chi connectivity index (χ0) is 15.5. The quantitative estimate of drug-likeness (QED) is 0.734. The summed E-state index contributed by atoms with van der Waals surface area (Å²) in [5, 5.41) is 3.34. The molecule has 0 atom stereocenters. The molecule has 1 amide bonds. The minimum atomic E-state index is -0.225. The van der Waals surface area contributed by atoms with Crippen molar-refractivity contribution in [1.29, 1.82) is 0 Å². The number of para-hydroxylation sites is 1. The van der Waals surface area contributed by atoms with Gasteiger partial charge in [-0.05, 0) is 52.7 Å². The van der Waals surface area contributed by atoms with E-state index < -0.39 is 0 Å². The zero-order valence-electron chi connectivity index (χ0n) is 11.8. The summed E-state index contributed by atoms with van der Waals surface area (Å²) in [5.74, 6) is 0.457. The SMILES string of the molecule is Cc1cccc(OCC(=O)Nc2nc3c(Br)cccc3s2)c1. The van der Waals surface area contributed by atoms with Gasteiger partial charge in [-0.15, -0.1) is 0 Å². The monoisotopic (exact) mass is 376 g/mol. The fourth-order valence-corrected chi connectivity index (χ4v) is 3.47. The van der Waals surface area contributed by atoms with E-state index in [1.54, 1.807) is 0 Å². The van der Waals surface area contributed by atoms with Crippen LogP contribution >= 0.6 is 27.3 Å². The highest BCUT2D eigenvalue weighted by atomic mass is 79.9. The van der Waals surface area contributed by atoms with Gasteiger partial charge in [0.25, 0.3) is 5.91 Å². The third-order valence-corrected chi connectivity index (χ3v) is 4.55. The molecule has 0 bridgehead atoms. The van der Waals surface area contributed by atoms with E-state index in [1.165, 1.54) is 11.3 Å². The molecule has 6 heteroatoms. The highest BCUT2D eigenvalue weighted by Gasteiger charge is 2.10. The van der Waals surface area contributed by atoms with E-state index in [0.717, 1.165) is 20.3 Å². The second-order valence-electron chi connectivity index (χ2n) is 4.76. The van der Waals surface area contributed by atoms with E-state index in [2.05, 4.69) is 26.2 Å². The number of hydrogen-bond donors (Lipinski definition) is 1. The summed E-state index contributed by atoms with van der Waals surface area (Å²) >= 11 is 4.89. The number of nitrogens with one attached hydrogen (secondary N) is 1. The van der Waals surface area contributed by atoms with Gasteiger partial charge in [-0.3, -0.25) is 10.1 Å². The third kappa shape index (κ3) is 3.45. The summed E-state index contributed by atoms with van der Waals surface area (Å²) in [6.45, 7) is 1.94. The number of fused-ring (bicyclic) bond motifs is 1. The number of nitrogens with zero attached hydrogens (tertiary/aromatic N) is 1. The van der Waals surface area contributed by atoms with Crippen molar-refractivity contribution in [1.82, 2.24) is 4.98 Å². The van der Waals surface area contributed by atoms with Crippen molar-refractivity contribution in [2.45, 2.75) is 6.92 Å². The Hall–Kier alpha value is -1.92. The molecule has 0 spiro atoms. The maximum absolute atomic E-state index is 12.0. The normalized spacial score (nSPS) is 10.6. The van der Waals surface area contributed by atoms with Gasteiger partial charge in [0.2, 0.25) is 0 Å². The maximum atomic E-state index is 12.0. The molecule has 0 fully saturated rings. The van der Waals surface area contributed by atoms with Crippen molar-refractivity contribution in [3.8, 4) is 5.75 Å². The molecule has 3 aromatic rings. The van der Waals surface area contributed by atoms with Crippen LogP contribution in [-0.4, -0.2) is 17.5 Å². The minimum absolute atomic E-state index is 0.0411. The summed E-state index contributed by atoms with van der Waals surface area (Å²) < 4.78 is 7.41. The van der Waals surface area contributed by atoms with E-state index >= 15 is 0 Å². The van der Waals surface area contributed by atoms with Crippen molar-refractivity contribution in [3.63, 3.8) is 0 Å². The predicted octanol–water partition coefficient (Wildman–Crippen LogP) is 4.38. The number of anilines is 1. The number of rotatable bonds is 4. The highest BCUT2D eigenvalue weighted by Crippen LogP contribution is 2.30. The second kappa shape index (κ2) is 6.46. The molecule has 4 nitrogen and oxygen atoms in total. The number of carbonyl (C=O) groups is 1. The lowest BCUT2D eigenvalue weighted by Gasteiger charge is -2.06. The first-order chi connectivity index (χ1) is 10.6. The molecule has 3 rings (SSSR count). The van der Waals surface area contributed by atoms with Crippen molar-refractivity contribution in [2.24, 2.45) is 0 Å². The topological polar surface area (TPSA) is 51.2 Å². The first kappa shape index (κ1) is 15.0. The average molecular weight is 377 g/mol. The van der Waals surface area contributed by atoms with Crippen LogP contribution in [0.25, 0.3) is 10.2 Å². The molecule has 1 heterocycles. The molecule has 2 aromatic carbocycles. The van der Waals surface area contributed by atoms with Gasteiger partial charge in [-0.25, -0.2) is 4.98 Å². The Morgan fingerprint density at radius 2 is 2.14 bits per heavy atom. The fourth-order valence-electron chi connectivity index (χ4n) is 1.98. The van der Waals surface area contributed by atoms with Gasteiger partial charge in [-0.2, -0.15) is 0 Å². The molecule has 0 aliphatic carbocycles. The highest BCUT2D eigenvalue weighted by molar-refractivity contribution is 9.10. The lowest BCUT2D eigenvalue weighted by Crippen LogP contribution is -2.20. The number of ether oxygens (including phenoxy) is 1. The molecule has 1 N–H and O–H groups in total. The molecule has 0 radical (unpaired) electrons. The Morgan fingerprint density at radius 3 is 2.91 bits per heavy atom. The van der Waals surface area contributed by atoms with Gasteiger partial charge in [0, 0.05) is 4.47 Å². The largest absolute Gasteiger partial charge is 0.484 e. The summed E-state index contributed by atoms with van der Waals surface area (Å²) in [5.41, 5.74) is 1.94. The molecule has 0 saturated heterocycles. The van der Waals surface area contributed by atoms with Crippen molar-refractivity contribution < 1.29 is 9.53 Å². The second-order valence-corrected chi connectivity index (χ2v) is 6.64. The van der Waals surface area contributed by atoms with E-state index in [1.807, 2.05) is 49.4 Å². The van der Waals surface area contributed by atoms with Crippen LogP contribution in [0.2, 0.25) is 0 Å². The van der Waals surface area contributed by atoms with E-state index in [4.69, 9.17) is 4.74 Å². The summed E-state index contributed by atoms with van der Waals surface area (Å²) in [4.78, 5) is 16.4. The van der Waals surface area contributed by atoms with Crippen LogP contribution in [0.1, 0.15) is 5.56 Å². The van der Waals surface area contributed by atoms with Gasteiger partial charge in [0.05, 0.1) is 10.2 Å². The Bertz CT molecular complexity index is 832. The maximum Gasteiger partial charge on any atom is 0.264 e. The van der Waals surface area contributed by atoms with Crippen LogP contribution in [0.15, 0.2) is 46.9 Å². The molecule has 112 valence electrons. The third-order valence-electron chi connectivity index (χ3n) is 2.98. The standard InChI is InChI=1S/C16H13BrN2O2S/c1-10-4-2-5-11(8-10)21-9-14(20)18-16-19-15-12(17)6-3-7-13(15)22-16/h2-8H,9H2,1H3,(H,18,19,20). The average Bonchev–Trinajstić information content (AvgIpc) is 2.89. The number of hydrogen-bond acceptors (Lipinski definition) is 4. The predicted molar refractivity (Wildman–Crippen MR) is 92.6 cm³/mol. The molecule has 0 saturated carbocycles. The first-order valence-electron chi connectivity index (χ1n) is 6.66. The Morgan fingerprint density at radius 1 is 1.32 bits per heavy atom. The van der Waals surface area contributed by atoms with Gasteiger partial charge < -0.3 is 4.74 Å². The Labute approximate surface area is 140 Å². The zero-order valence-corrected chi connectivity index (χ0v) is 14.2. The molecule has 22 heavy (non-hydrogen) atoms. The van der Waals surface area contributed by atoms with Crippen molar-refractivity contribution in [2.75, 3.05) is 11.9 Å². The number of halogens is 1. The fraction of sp³-hybridized carbons (Fsp3) is 0.125. The smallest absolute Gasteiger partial charge is 0.264 e. The summed E-state index contributed by atoms with van der Waals surface area (Å²) in [7, 11) is 0. The number of aromatic nitrogens is 1. The van der Waals surface area contributed by atoms with Crippen LogP contribution in [-0.2, 0) is 4.79 Å². The first-order valence-corrected chi connectivity index (χ1v) is 8.27. The Balaban J connectivity index is 1.64. The molecule has 0 aliphatic heterocycles. The Kier molecular flexibility index (Phi) is 4.40. The van der Waals surface area contributed by atoms with Gasteiger partial charge in [-0.1, -0.05) is 29.5 Å².